The molecule has 0 heterocycles. The van der Waals surface area contributed by atoms with Gasteiger partial charge in [-0.3, -0.25) is 0 Å². The molecule has 15 heavy (non-hydrogen) atoms. The van der Waals surface area contributed by atoms with Crippen LogP contribution >= 0.6 is 0 Å². The van der Waals surface area contributed by atoms with Gasteiger partial charge in [0, 0.05) is 24.8 Å². The number of carbonyl (C=O) groups excluding carboxylic acids is 2. The number of rotatable bonds is 5. The van der Waals surface area contributed by atoms with Crippen LogP contribution in [0.15, 0.2) is 0 Å². The van der Waals surface area contributed by atoms with Crippen molar-refractivity contribution in [2.45, 2.75) is 18.4 Å². The zero-order valence-electron chi connectivity index (χ0n) is 7.70. The maximum absolute atomic E-state index is 10.3. The number of carbonyl (C=O) groups is 3. The van der Waals surface area contributed by atoms with E-state index in [1.807, 2.05) is 0 Å². The van der Waals surface area contributed by atoms with Crippen molar-refractivity contribution in [3.05, 3.63) is 0 Å². The monoisotopic (exact) mass is 264 g/mol. The van der Waals surface area contributed by atoms with Crippen LogP contribution < -0.4 is 16.4 Å². The SMILES string of the molecule is O=C([O-])CC(O)(CC(=O)[O-])C(=O)O.[Fe+].[NH4+]. The van der Waals surface area contributed by atoms with Gasteiger partial charge in [-0.25, -0.2) is 4.79 Å². The maximum atomic E-state index is 10.3. The summed E-state index contributed by atoms with van der Waals surface area (Å²) in [6, 6.07) is 0. The Morgan fingerprint density at radius 2 is 1.33 bits per heavy atom. The first-order chi connectivity index (χ1) is 5.78. The van der Waals surface area contributed by atoms with E-state index in [4.69, 9.17) is 10.2 Å². The minimum atomic E-state index is -2.86. The van der Waals surface area contributed by atoms with E-state index in [9.17, 15) is 24.6 Å². The van der Waals surface area contributed by atoms with E-state index >= 15 is 0 Å². The average molecular weight is 264 g/mol. The molecular weight excluding hydrogens is 254 g/mol. The van der Waals surface area contributed by atoms with Crippen LogP contribution in [0.5, 0.6) is 0 Å². The van der Waals surface area contributed by atoms with Gasteiger partial charge in [-0.15, -0.1) is 0 Å². The van der Waals surface area contributed by atoms with Gasteiger partial charge >= 0.3 is 23.0 Å². The fraction of sp³-hybridized carbons (Fsp3) is 0.500. The summed E-state index contributed by atoms with van der Waals surface area (Å²) in [6.45, 7) is 0. The molecule has 0 amide bonds. The van der Waals surface area contributed by atoms with Crippen molar-refractivity contribution in [1.29, 1.82) is 0 Å². The molecule has 8 nitrogen and oxygen atoms in total. The number of hydrogen-bond acceptors (Lipinski definition) is 6. The summed E-state index contributed by atoms with van der Waals surface area (Å²) in [5.41, 5.74) is -2.86. The van der Waals surface area contributed by atoms with Crippen LogP contribution in [0, 0.1) is 0 Å². The van der Waals surface area contributed by atoms with Crippen molar-refractivity contribution in [3.8, 4) is 0 Å². The van der Waals surface area contributed by atoms with Gasteiger partial charge in [0.15, 0.2) is 5.60 Å². The molecule has 6 N–H and O–H groups in total. The molecule has 0 saturated carbocycles. The van der Waals surface area contributed by atoms with Gasteiger partial charge in [0.05, 0.1) is 0 Å². The van der Waals surface area contributed by atoms with Crippen LogP contribution in [0.3, 0.4) is 0 Å². The van der Waals surface area contributed by atoms with E-state index in [1.54, 1.807) is 0 Å². The summed E-state index contributed by atoms with van der Waals surface area (Å²) in [5, 5.41) is 37.2. The molecule has 0 unspecified atom stereocenters. The van der Waals surface area contributed by atoms with E-state index in [0.717, 1.165) is 0 Å². The van der Waals surface area contributed by atoms with Crippen LogP contribution in [0.1, 0.15) is 12.8 Å². The predicted molar refractivity (Wildman–Crippen MR) is 37.8 cm³/mol. The molecule has 0 aromatic carbocycles. The van der Waals surface area contributed by atoms with E-state index in [1.165, 1.54) is 0 Å². The van der Waals surface area contributed by atoms with Gasteiger partial charge in [-0.1, -0.05) is 0 Å². The third-order valence-electron chi connectivity index (χ3n) is 1.27. The van der Waals surface area contributed by atoms with E-state index < -0.39 is 36.4 Å². The van der Waals surface area contributed by atoms with Crippen molar-refractivity contribution in [3.63, 3.8) is 0 Å². The normalized spacial score (nSPS) is 9.40. The third-order valence-corrected chi connectivity index (χ3v) is 1.27. The Bertz CT molecular complexity index is 238. The zero-order valence-corrected chi connectivity index (χ0v) is 8.81. The molecule has 0 atom stereocenters. The van der Waals surface area contributed by atoms with E-state index in [0.29, 0.717) is 0 Å². The summed E-state index contributed by atoms with van der Waals surface area (Å²) in [5.74, 6) is -5.65. The van der Waals surface area contributed by atoms with Gasteiger partial charge in [0.1, 0.15) is 0 Å². The number of hydrogen-bond donors (Lipinski definition) is 3. The minimum Gasteiger partial charge on any atom is -0.550 e. The molecule has 0 aliphatic heterocycles. The Kier molecular flexibility index (Phi) is 9.30. The minimum absolute atomic E-state index is 0. The fourth-order valence-corrected chi connectivity index (χ4v) is 0.691. The number of aliphatic hydroxyl groups is 1. The number of carboxylic acids is 3. The van der Waals surface area contributed by atoms with Crippen LogP contribution in [-0.2, 0) is 31.5 Å². The Hall–Kier alpha value is -1.15. The average Bonchev–Trinajstić information content (AvgIpc) is 1.82. The number of aliphatic carboxylic acids is 3. The first-order valence-corrected chi connectivity index (χ1v) is 3.13. The maximum Gasteiger partial charge on any atom is 1.00 e. The van der Waals surface area contributed by atoms with Gasteiger partial charge in [-0.2, -0.15) is 0 Å². The second-order valence-electron chi connectivity index (χ2n) is 2.43. The van der Waals surface area contributed by atoms with Crippen molar-refractivity contribution in [2.75, 3.05) is 0 Å². The standard InChI is InChI=1S/C6H8O7.Fe.H3N/c7-3(8)1-6(13,5(11)12)2-4(9)10;;/h13H,1-2H2,(H,7,8)(H,9,10)(H,11,12);;1H3/q;+1;/p-1. The summed E-state index contributed by atoms with van der Waals surface area (Å²) in [7, 11) is 0. The van der Waals surface area contributed by atoms with Crippen molar-refractivity contribution in [2.24, 2.45) is 0 Å². The quantitative estimate of drug-likeness (QED) is 0.430. The van der Waals surface area contributed by atoms with Crippen LogP contribution in [-0.4, -0.2) is 33.7 Å². The molecule has 0 aromatic rings. The summed E-state index contributed by atoms with van der Waals surface area (Å²) < 4.78 is 0. The topological polar surface area (TPSA) is 174 Å². The number of quaternary nitrogens is 1. The molecule has 9 heteroatoms. The molecule has 1 radical (unpaired) electrons. The molecule has 0 bridgehead atoms. The predicted octanol–water partition coefficient (Wildman–Crippen LogP) is -3.54. The van der Waals surface area contributed by atoms with E-state index in [-0.39, 0.29) is 23.2 Å². The van der Waals surface area contributed by atoms with Crippen molar-refractivity contribution in [1.82, 2.24) is 6.15 Å². The molecule has 0 fully saturated rings. The Labute approximate surface area is 95.0 Å². The first-order valence-electron chi connectivity index (χ1n) is 3.13. The zero-order chi connectivity index (χ0) is 10.6. The molecule has 0 spiro atoms. The summed E-state index contributed by atoms with van der Waals surface area (Å²) >= 11 is 0. The van der Waals surface area contributed by atoms with Crippen molar-refractivity contribution >= 4 is 17.9 Å². The second kappa shape index (κ2) is 7.18. The molecule has 0 saturated heterocycles. The van der Waals surface area contributed by atoms with Crippen LogP contribution in [0.4, 0.5) is 0 Å². The first kappa shape index (κ1) is 19.4. The summed E-state index contributed by atoms with van der Waals surface area (Å²) in [4.78, 5) is 30.2. The van der Waals surface area contributed by atoms with Gasteiger partial charge in [-0.05, 0) is 0 Å². The molecular formula is C6H10FeNO7. The van der Waals surface area contributed by atoms with Crippen LogP contribution in [0.25, 0.3) is 0 Å². The molecule has 89 valence electrons. The fourth-order valence-electron chi connectivity index (χ4n) is 0.691. The Balaban J connectivity index is -0.000000720. The van der Waals surface area contributed by atoms with Gasteiger partial charge in [0.2, 0.25) is 0 Å². The van der Waals surface area contributed by atoms with Crippen LogP contribution in [0.2, 0.25) is 0 Å². The third kappa shape index (κ3) is 6.86. The summed E-state index contributed by atoms with van der Waals surface area (Å²) in [6.07, 6.45) is -2.59. The second-order valence-corrected chi connectivity index (χ2v) is 2.43. The molecule has 0 aromatic heterocycles. The largest absolute Gasteiger partial charge is 1.00 e. The smallest absolute Gasteiger partial charge is 0.550 e. The number of carboxylic acid groups (broad SMARTS) is 3. The molecule has 0 aliphatic carbocycles. The van der Waals surface area contributed by atoms with E-state index in [2.05, 4.69) is 0 Å². The Morgan fingerprint density at radius 3 is 1.47 bits per heavy atom. The van der Waals surface area contributed by atoms with Gasteiger partial charge < -0.3 is 36.2 Å². The Morgan fingerprint density at radius 1 is 1.07 bits per heavy atom. The van der Waals surface area contributed by atoms with Crippen molar-refractivity contribution < 1.29 is 51.9 Å². The van der Waals surface area contributed by atoms with Gasteiger partial charge in [0.25, 0.3) is 0 Å². The molecule has 0 rings (SSSR count). The molecule has 0 aliphatic rings.